The third-order valence-electron chi connectivity index (χ3n) is 2.10. The highest BCUT2D eigenvalue weighted by Crippen LogP contribution is 2.36. The van der Waals surface area contributed by atoms with Gasteiger partial charge in [0.05, 0.1) is 0 Å². The van der Waals surface area contributed by atoms with Crippen molar-refractivity contribution in [2.75, 3.05) is 18.5 Å². The second-order valence-electron chi connectivity index (χ2n) is 4.13. The number of hydrogen-bond acceptors (Lipinski definition) is 1. The Kier molecular flexibility index (Phi) is 5.01. The number of ketones is 1. The Bertz CT molecular complexity index is 142. The van der Waals surface area contributed by atoms with Crippen molar-refractivity contribution in [1.29, 1.82) is 0 Å². The lowest BCUT2D eigenvalue weighted by Crippen LogP contribution is -2.23. The topological polar surface area (TPSA) is 17.1 Å². The van der Waals surface area contributed by atoms with Gasteiger partial charge in [0.15, 0.2) is 0 Å². The molecule has 0 rings (SSSR count). The van der Waals surface area contributed by atoms with E-state index in [9.17, 15) is 4.79 Å². The summed E-state index contributed by atoms with van der Waals surface area (Å²) in [6, 6.07) is 0. The molecule has 0 aliphatic rings. The third kappa shape index (κ3) is 4.21. The van der Waals surface area contributed by atoms with E-state index in [1.807, 2.05) is 20.8 Å². The van der Waals surface area contributed by atoms with Gasteiger partial charge in [-0.2, -0.15) is 0 Å². The minimum Gasteiger partial charge on any atom is -0.299 e. The summed E-state index contributed by atoms with van der Waals surface area (Å²) in [5.41, 5.74) is -0.134. The van der Waals surface area contributed by atoms with Crippen molar-refractivity contribution in [2.45, 2.75) is 34.6 Å². The minimum absolute atomic E-state index is 0.00945. The van der Waals surface area contributed by atoms with Crippen LogP contribution in [0, 0.1) is 5.41 Å². The Hall–Kier alpha value is 0.100. The van der Waals surface area contributed by atoms with Crippen molar-refractivity contribution in [2.24, 2.45) is 5.41 Å². The van der Waals surface area contributed by atoms with E-state index in [1.165, 1.54) is 12.3 Å². The first-order chi connectivity index (χ1) is 5.41. The molecule has 0 atom stereocenters. The number of hydrogen-bond donors (Lipinski definition) is 0. The van der Waals surface area contributed by atoms with Crippen LogP contribution in [0.3, 0.4) is 0 Å². The van der Waals surface area contributed by atoms with E-state index < -0.39 is 0 Å². The van der Waals surface area contributed by atoms with Crippen LogP contribution in [-0.2, 0) is 4.79 Å². The normalized spacial score (nSPS) is 12.2. The maximum Gasteiger partial charge on any atom is 0.142 e. The Morgan fingerprint density at radius 3 is 1.83 bits per heavy atom. The summed E-state index contributed by atoms with van der Waals surface area (Å²) in [6.07, 6.45) is 3.20. The maximum atomic E-state index is 11.6. The van der Waals surface area contributed by atoms with Crippen LogP contribution in [0.4, 0.5) is 0 Å². The molecule has 0 bridgehead atoms. The van der Waals surface area contributed by atoms with Gasteiger partial charge in [0.1, 0.15) is 5.78 Å². The van der Waals surface area contributed by atoms with Gasteiger partial charge in [-0.25, -0.2) is 0 Å². The summed E-state index contributed by atoms with van der Waals surface area (Å²) in [6.45, 7) is 10.4. The highest BCUT2D eigenvalue weighted by atomic mass is 31.1. The zero-order valence-electron chi connectivity index (χ0n) is 8.98. The lowest BCUT2D eigenvalue weighted by molar-refractivity contribution is -0.123. The molecule has 72 valence electrons. The average molecular weight is 188 g/mol. The Morgan fingerprint density at radius 2 is 1.58 bits per heavy atom. The van der Waals surface area contributed by atoms with Gasteiger partial charge in [-0.1, -0.05) is 42.5 Å². The fraction of sp³-hybridized carbons (Fsp3) is 0.900. The van der Waals surface area contributed by atoms with E-state index in [2.05, 4.69) is 13.8 Å². The highest BCUT2D eigenvalue weighted by Gasteiger charge is 2.22. The molecule has 0 heterocycles. The number of carbonyl (C=O) groups excluding carboxylic acids is 1. The molecule has 0 N–H and O–H groups in total. The van der Waals surface area contributed by atoms with E-state index in [0.717, 1.165) is 6.16 Å². The third-order valence-corrected chi connectivity index (χ3v) is 4.62. The molecule has 0 aromatic rings. The van der Waals surface area contributed by atoms with Crippen molar-refractivity contribution in [3.63, 3.8) is 0 Å². The number of carbonyl (C=O) groups is 1. The zero-order valence-corrected chi connectivity index (χ0v) is 9.87. The van der Waals surface area contributed by atoms with Crippen LogP contribution in [-0.4, -0.2) is 24.3 Å². The van der Waals surface area contributed by atoms with Gasteiger partial charge >= 0.3 is 0 Å². The largest absolute Gasteiger partial charge is 0.299 e. The summed E-state index contributed by atoms with van der Waals surface area (Å²) in [4.78, 5) is 11.6. The van der Waals surface area contributed by atoms with Gasteiger partial charge < -0.3 is 0 Å². The zero-order chi connectivity index (χ0) is 9.78. The van der Waals surface area contributed by atoms with Gasteiger partial charge in [-0.15, -0.1) is 0 Å². The average Bonchev–Trinajstić information content (AvgIpc) is 1.97. The Labute approximate surface area is 77.7 Å². The second kappa shape index (κ2) is 4.97. The first kappa shape index (κ1) is 12.1. The lowest BCUT2D eigenvalue weighted by Gasteiger charge is -2.20. The quantitative estimate of drug-likeness (QED) is 0.619. The summed E-state index contributed by atoms with van der Waals surface area (Å²) in [7, 11) is -0.00945. The maximum absolute atomic E-state index is 11.6. The van der Waals surface area contributed by atoms with Crippen LogP contribution in [0.25, 0.3) is 0 Å². The van der Waals surface area contributed by atoms with E-state index in [4.69, 9.17) is 0 Å². The lowest BCUT2D eigenvalue weighted by atomic mass is 9.92. The number of rotatable bonds is 4. The van der Waals surface area contributed by atoms with Gasteiger partial charge in [-0.05, 0) is 12.3 Å². The van der Waals surface area contributed by atoms with Crippen molar-refractivity contribution in [3.05, 3.63) is 0 Å². The van der Waals surface area contributed by atoms with Crippen LogP contribution >= 0.6 is 7.92 Å². The molecule has 12 heavy (non-hydrogen) atoms. The Balaban J connectivity index is 3.99. The summed E-state index contributed by atoms with van der Waals surface area (Å²) in [5, 5.41) is 0. The molecule has 0 spiro atoms. The van der Waals surface area contributed by atoms with Gasteiger partial charge in [-0.3, -0.25) is 4.79 Å². The fourth-order valence-electron chi connectivity index (χ4n) is 0.887. The smallest absolute Gasteiger partial charge is 0.142 e. The van der Waals surface area contributed by atoms with Crippen LogP contribution in [0.5, 0.6) is 0 Å². The van der Waals surface area contributed by atoms with E-state index in [0.29, 0.717) is 5.78 Å². The van der Waals surface area contributed by atoms with E-state index in [-0.39, 0.29) is 13.3 Å². The first-order valence-corrected chi connectivity index (χ1v) is 6.57. The molecular formula is C10H21OP. The molecule has 0 saturated heterocycles. The predicted octanol–water partition coefficient (Wildman–Crippen LogP) is 3.12. The monoisotopic (exact) mass is 188 g/mol. The first-order valence-electron chi connectivity index (χ1n) is 4.67. The van der Waals surface area contributed by atoms with Crippen LogP contribution in [0.15, 0.2) is 0 Å². The van der Waals surface area contributed by atoms with Gasteiger partial charge in [0.2, 0.25) is 0 Å². The molecule has 1 nitrogen and oxygen atoms in total. The molecule has 0 amide bonds. The Morgan fingerprint density at radius 1 is 1.17 bits per heavy atom. The standard InChI is InChI=1S/C10H21OP/c1-6-12(7-2)8-9(11)10(3,4)5/h6-8H2,1-5H3. The van der Waals surface area contributed by atoms with Crippen molar-refractivity contribution in [3.8, 4) is 0 Å². The molecule has 0 aliphatic carbocycles. The van der Waals surface area contributed by atoms with Gasteiger partial charge in [0.25, 0.3) is 0 Å². The summed E-state index contributed by atoms with van der Waals surface area (Å²) < 4.78 is 0. The molecule has 2 heteroatoms. The molecule has 0 fully saturated rings. The predicted molar refractivity (Wildman–Crippen MR) is 57.3 cm³/mol. The molecule has 0 unspecified atom stereocenters. The second-order valence-corrected chi connectivity index (χ2v) is 7.06. The van der Waals surface area contributed by atoms with Crippen molar-refractivity contribution >= 4 is 13.7 Å². The van der Waals surface area contributed by atoms with Crippen molar-refractivity contribution in [1.82, 2.24) is 0 Å². The summed E-state index contributed by atoms with van der Waals surface area (Å²) in [5.74, 6) is 0.428. The molecular weight excluding hydrogens is 167 g/mol. The minimum atomic E-state index is -0.134. The van der Waals surface area contributed by atoms with Crippen LogP contribution < -0.4 is 0 Å². The molecule has 0 radical (unpaired) electrons. The molecule has 0 saturated carbocycles. The molecule has 0 aliphatic heterocycles. The van der Waals surface area contributed by atoms with E-state index >= 15 is 0 Å². The molecule has 0 aromatic heterocycles. The van der Waals surface area contributed by atoms with Crippen LogP contribution in [0.1, 0.15) is 34.6 Å². The summed E-state index contributed by atoms with van der Waals surface area (Å²) >= 11 is 0. The highest BCUT2D eigenvalue weighted by molar-refractivity contribution is 7.58. The number of Topliss-reactive ketones (excluding diaryl/α,β-unsaturated/α-hetero) is 1. The van der Waals surface area contributed by atoms with Crippen LogP contribution in [0.2, 0.25) is 0 Å². The molecule has 0 aromatic carbocycles. The van der Waals surface area contributed by atoms with Crippen molar-refractivity contribution < 1.29 is 4.79 Å². The van der Waals surface area contributed by atoms with E-state index in [1.54, 1.807) is 0 Å². The SMILES string of the molecule is CCP(CC)CC(=O)C(C)(C)C. The van der Waals surface area contributed by atoms with Gasteiger partial charge in [0, 0.05) is 11.6 Å². The fourth-order valence-corrected chi connectivity index (χ4v) is 2.66.